The lowest BCUT2D eigenvalue weighted by atomic mass is 10.4. The van der Waals surface area contributed by atoms with Crippen LogP contribution in [0.25, 0.3) is 11.0 Å². The highest BCUT2D eigenvalue weighted by molar-refractivity contribution is 7.99. The van der Waals surface area contributed by atoms with Crippen molar-refractivity contribution in [3.05, 3.63) is 46.3 Å². The number of hydrogen-bond acceptors (Lipinski definition) is 5. The molecule has 0 aromatic carbocycles. The van der Waals surface area contributed by atoms with Crippen LogP contribution in [-0.2, 0) is 11.3 Å². The summed E-state index contributed by atoms with van der Waals surface area (Å²) < 4.78 is 6.69. The van der Waals surface area contributed by atoms with Crippen LogP contribution in [0, 0.1) is 6.92 Å². The average Bonchev–Trinajstić information content (AvgIpc) is 3.09. The molecule has 0 unspecified atom stereocenters. The third kappa shape index (κ3) is 2.77. The summed E-state index contributed by atoms with van der Waals surface area (Å²) in [5.74, 6) is -0.530. The molecule has 0 saturated carbocycles. The Kier molecular flexibility index (Phi) is 3.76. The van der Waals surface area contributed by atoms with Gasteiger partial charge in [-0.1, -0.05) is 11.8 Å². The lowest BCUT2D eigenvalue weighted by Crippen LogP contribution is -2.24. The lowest BCUT2D eigenvalue weighted by molar-refractivity contribution is -0.133. The number of aromatic amines is 1. The Labute approximate surface area is 129 Å². The molecule has 0 bridgehead atoms. The number of H-pyrrole nitrogens is 1. The smallest absolute Gasteiger partial charge is 0.313 e. The number of rotatable bonds is 5. The maximum Gasteiger partial charge on any atom is 0.313 e. The molecule has 0 fully saturated rings. The molecule has 0 aliphatic heterocycles. The van der Waals surface area contributed by atoms with Gasteiger partial charge in [0, 0.05) is 5.69 Å². The van der Waals surface area contributed by atoms with E-state index in [2.05, 4.69) is 9.97 Å². The van der Waals surface area contributed by atoms with Gasteiger partial charge in [-0.3, -0.25) is 14.2 Å². The number of carbonyl (C=O) groups is 1. The van der Waals surface area contributed by atoms with Gasteiger partial charge >= 0.3 is 5.97 Å². The zero-order valence-electron chi connectivity index (χ0n) is 11.7. The number of carboxylic acids is 1. The van der Waals surface area contributed by atoms with Crippen molar-refractivity contribution < 1.29 is 14.3 Å². The highest BCUT2D eigenvalue weighted by Gasteiger charge is 2.15. The molecule has 8 heteroatoms. The minimum absolute atomic E-state index is 0.167. The zero-order chi connectivity index (χ0) is 15.7. The van der Waals surface area contributed by atoms with E-state index in [1.807, 2.05) is 6.92 Å². The fourth-order valence-corrected chi connectivity index (χ4v) is 2.86. The lowest BCUT2D eigenvalue weighted by Gasteiger charge is -2.09. The second-order valence-corrected chi connectivity index (χ2v) is 5.70. The van der Waals surface area contributed by atoms with E-state index in [0.717, 1.165) is 17.5 Å². The minimum atomic E-state index is -0.964. The first-order valence-electron chi connectivity index (χ1n) is 6.51. The normalized spacial score (nSPS) is 11.1. The van der Waals surface area contributed by atoms with E-state index in [-0.39, 0.29) is 17.9 Å². The molecule has 0 saturated heterocycles. The molecule has 3 aromatic heterocycles. The van der Waals surface area contributed by atoms with Crippen molar-refractivity contribution in [3.8, 4) is 0 Å². The van der Waals surface area contributed by atoms with E-state index in [1.165, 1.54) is 10.8 Å². The molecular formula is C14H13N3O4S. The summed E-state index contributed by atoms with van der Waals surface area (Å²) in [6.07, 6.45) is 1.52. The summed E-state index contributed by atoms with van der Waals surface area (Å²) in [6.45, 7) is 2.04. The summed E-state index contributed by atoms with van der Waals surface area (Å²) >= 11 is 1.01. The summed E-state index contributed by atoms with van der Waals surface area (Å²) in [5.41, 5.74) is 1.52. The van der Waals surface area contributed by atoms with Gasteiger partial charge in [0.15, 0.2) is 5.16 Å². The summed E-state index contributed by atoms with van der Waals surface area (Å²) in [7, 11) is 0. The molecule has 0 amide bonds. The van der Waals surface area contributed by atoms with Gasteiger partial charge in [-0.25, -0.2) is 4.98 Å². The highest BCUT2D eigenvalue weighted by Crippen LogP contribution is 2.19. The van der Waals surface area contributed by atoms with Crippen LogP contribution in [0.2, 0.25) is 0 Å². The zero-order valence-corrected chi connectivity index (χ0v) is 12.5. The Hall–Kier alpha value is -2.48. The number of carboxylic acid groups (broad SMARTS) is 1. The van der Waals surface area contributed by atoms with Gasteiger partial charge in [0.25, 0.3) is 5.56 Å². The molecule has 0 aliphatic carbocycles. The molecule has 3 heterocycles. The predicted octanol–water partition coefficient (Wildman–Crippen LogP) is 1.85. The Morgan fingerprint density at radius 3 is 3.05 bits per heavy atom. The summed E-state index contributed by atoms with van der Waals surface area (Å²) in [5, 5.41) is 9.21. The molecule has 0 aliphatic rings. The van der Waals surface area contributed by atoms with Gasteiger partial charge in [0.1, 0.15) is 11.3 Å². The van der Waals surface area contributed by atoms with Gasteiger partial charge < -0.3 is 14.5 Å². The van der Waals surface area contributed by atoms with Crippen LogP contribution in [0.5, 0.6) is 0 Å². The van der Waals surface area contributed by atoms with Gasteiger partial charge in [-0.15, -0.1) is 0 Å². The van der Waals surface area contributed by atoms with Gasteiger partial charge in [-0.2, -0.15) is 0 Å². The van der Waals surface area contributed by atoms with E-state index in [0.29, 0.717) is 22.0 Å². The van der Waals surface area contributed by atoms with Crippen molar-refractivity contribution in [2.24, 2.45) is 0 Å². The van der Waals surface area contributed by atoms with Crippen molar-refractivity contribution >= 4 is 28.8 Å². The molecule has 3 aromatic rings. The van der Waals surface area contributed by atoms with Crippen LogP contribution in [-0.4, -0.2) is 31.4 Å². The van der Waals surface area contributed by atoms with Gasteiger partial charge in [0.2, 0.25) is 0 Å². The quantitative estimate of drug-likeness (QED) is 0.550. The molecule has 0 atom stereocenters. The molecule has 7 nitrogen and oxygen atoms in total. The number of nitrogens with zero attached hydrogens (tertiary/aromatic N) is 2. The molecule has 114 valence electrons. The molecule has 0 spiro atoms. The Morgan fingerprint density at radius 1 is 1.55 bits per heavy atom. The first-order chi connectivity index (χ1) is 10.5. The predicted molar refractivity (Wildman–Crippen MR) is 81.3 cm³/mol. The van der Waals surface area contributed by atoms with E-state index < -0.39 is 5.97 Å². The number of aliphatic carboxylic acids is 1. The van der Waals surface area contributed by atoms with Gasteiger partial charge in [0.05, 0.1) is 24.1 Å². The maximum absolute atomic E-state index is 12.6. The summed E-state index contributed by atoms with van der Waals surface area (Å²) in [6, 6.07) is 5.25. The van der Waals surface area contributed by atoms with Crippen LogP contribution >= 0.6 is 11.8 Å². The number of aryl methyl sites for hydroxylation is 1. The molecule has 22 heavy (non-hydrogen) atoms. The van der Waals surface area contributed by atoms with Crippen molar-refractivity contribution in [1.82, 2.24) is 14.5 Å². The van der Waals surface area contributed by atoms with Crippen molar-refractivity contribution in [1.29, 1.82) is 0 Å². The largest absolute Gasteiger partial charge is 0.481 e. The first kappa shape index (κ1) is 14.5. The monoisotopic (exact) mass is 319 g/mol. The number of fused-ring (bicyclic) bond motifs is 1. The van der Waals surface area contributed by atoms with E-state index in [9.17, 15) is 9.59 Å². The molecule has 3 rings (SSSR count). The second-order valence-electron chi connectivity index (χ2n) is 4.76. The maximum atomic E-state index is 12.6. The molecule has 2 N–H and O–H groups in total. The van der Waals surface area contributed by atoms with Crippen LogP contribution in [0.1, 0.15) is 11.5 Å². The third-order valence-electron chi connectivity index (χ3n) is 3.06. The van der Waals surface area contributed by atoms with Gasteiger partial charge in [-0.05, 0) is 25.1 Å². The van der Waals surface area contributed by atoms with Crippen LogP contribution < -0.4 is 5.56 Å². The Balaban J connectivity index is 2.11. The standard InChI is InChI=1S/C14H13N3O4S/c1-8-5-10-12(15-8)13(20)17(6-9-3-2-4-21-9)14(16-10)22-7-11(18)19/h2-5,15H,6-7H2,1H3,(H,18,19). The van der Waals surface area contributed by atoms with E-state index in [4.69, 9.17) is 9.52 Å². The fraction of sp³-hybridized carbons (Fsp3) is 0.214. The van der Waals surface area contributed by atoms with Crippen LogP contribution in [0.15, 0.2) is 38.8 Å². The SMILES string of the molecule is Cc1cc2nc(SCC(=O)O)n(Cc3ccco3)c(=O)c2[nH]1. The van der Waals surface area contributed by atoms with Crippen molar-refractivity contribution in [3.63, 3.8) is 0 Å². The first-order valence-corrected chi connectivity index (χ1v) is 7.50. The van der Waals surface area contributed by atoms with Crippen LogP contribution in [0.3, 0.4) is 0 Å². The molecule has 0 radical (unpaired) electrons. The molecular weight excluding hydrogens is 306 g/mol. The van der Waals surface area contributed by atoms with Crippen molar-refractivity contribution in [2.75, 3.05) is 5.75 Å². The highest BCUT2D eigenvalue weighted by atomic mass is 32.2. The number of furan rings is 1. The summed E-state index contributed by atoms with van der Waals surface area (Å²) in [4.78, 5) is 30.8. The van der Waals surface area contributed by atoms with Crippen molar-refractivity contribution in [2.45, 2.75) is 18.6 Å². The fourth-order valence-electron chi connectivity index (χ4n) is 2.15. The average molecular weight is 319 g/mol. The Morgan fingerprint density at radius 2 is 2.36 bits per heavy atom. The second kappa shape index (κ2) is 5.72. The van der Waals surface area contributed by atoms with E-state index in [1.54, 1.807) is 18.2 Å². The number of aromatic nitrogens is 3. The van der Waals surface area contributed by atoms with Crippen LogP contribution in [0.4, 0.5) is 0 Å². The van der Waals surface area contributed by atoms with E-state index >= 15 is 0 Å². The topological polar surface area (TPSA) is 101 Å². The number of thioether (sulfide) groups is 1. The number of nitrogens with one attached hydrogen (secondary N) is 1. The third-order valence-corrected chi connectivity index (χ3v) is 4.02. The Bertz CT molecular complexity index is 880. The minimum Gasteiger partial charge on any atom is -0.481 e. The number of hydrogen-bond donors (Lipinski definition) is 2.